The minimum absolute atomic E-state index is 0. The monoisotopic (exact) mass is 1500 g/mol. The molecule has 0 aromatic heterocycles. The Morgan fingerprint density at radius 2 is 1.04 bits per heavy atom. The summed E-state index contributed by atoms with van der Waals surface area (Å²) in [7, 11) is -0.171. The van der Waals surface area contributed by atoms with Gasteiger partial charge in [0.05, 0.1) is 42.5 Å². The summed E-state index contributed by atoms with van der Waals surface area (Å²) in [6, 6.07) is 55.7. The van der Waals surface area contributed by atoms with Crippen LogP contribution in [0, 0.1) is 44.0 Å². The van der Waals surface area contributed by atoms with Gasteiger partial charge in [-0.2, -0.15) is 36.4 Å². The Morgan fingerprint density at radius 1 is 0.569 bits per heavy atom. The number of nitrogens with one attached hydrogen (secondary N) is 5. The van der Waals surface area contributed by atoms with Crippen LogP contribution in [0.2, 0.25) is 18.1 Å². The summed E-state index contributed by atoms with van der Waals surface area (Å²) in [6.45, 7) is 33.2. The average Bonchev–Trinajstić information content (AvgIpc) is 1.60. The normalized spacial score (nSPS) is 21.8. The molecule has 11 rings (SSSR count). The van der Waals surface area contributed by atoms with Crippen LogP contribution in [0.4, 0.5) is 0 Å². The molecule has 4 atom stereocenters. The molecule has 6 aliphatic rings. The molecule has 102 heavy (non-hydrogen) atoms. The van der Waals surface area contributed by atoms with Gasteiger partial charge in [0.25, 0.3) is 5.90 Å². The molecule has 6 aliphatic heterocycles. The van der Waals surface area contributed by atoms with Crippen molar-refractivity contribution in [3.8, 4) is 0 Å². The first kappa shape index (κ1) is 92.6. The number of halogens is 1. The minimum atomic E-state index is -1.24. The van der Waals surface area contributed by atoms with Crippen LogP contribution in [0.1, 0.15) is 191 Å². The van der Waals surface area contributed by atoms with Crippen LogP contribution in [-0.2, 0) is 68.8 Å². The van der Waals surface area contributed by atoms with Gasteiger partial charge in [0.1, 0.15) is 0 Å². The van der Waals surface area contributed by atoms with E-state index in [1.807, 2.05) is 195 Å². The minimum Gasteiger partial charge on any atom is -1.00 e. The van der Waals surface area contributed by atoms with Crippen molar-refractivity contribution in [2.75, 3.05) is 13.2 Å². The van der Waals surface area contributed by atoms with Crippen LogP contribution >= 0.6 is 0 Å². The predicted octanol–water partition coefficient (Wildman–Crippen LogP) is 8.38. The van der Waals surface area contributed by atoms with Gasteiger partial charge >= 0.3 is 41.0 Å². The molecular weight excluding hydrogens is 1390 g/mol. The molecule has 6 fully saturated rings. The van der Waals surface area contributed by atoms with E-state index in [1.165, 1.54) is 28.7 Å². The van der Waals surface area contributed by atoms with Crippen LogP contribution in [0.25, 0.3) is 0 Å². The van der Waals surface area contributed by atoms with Gasteiger partial charge in [-0.1, -0.05) is 229 Å². The van der Waals surface area contributed by atoms with Gasteiger partial charge in [-0.3, -0.25) is 54.1 Å². The van der Waals surface area contributed by atoms with Crippen molar-refractivity contribution < 1.29 is 84.6 Å². The van der Waals surface area contributed by atoms with Crippen LogP contribution in [0.15, 0.2) is 152 Å². The van der Waals surface area contributed by atoms with Gasteiger partial charge in [0.2, 0.25) is 35.4 Å². The topological polar surface area (TPSA) is 323 Å². The number of carbonyl (C=O) groups excluding carboxylic acids is 9. The van der Waals surface area contributed by atoms with Gasteiger partial charge in [-0.25, -0.2) is 10.6 Å². The van der Waals surface area contributed by atoms with E-state index in [4.69, 9.17) is 11.3 Å². The molecule has 21 nitrogen and oxygen atoms in total. The number of amides is 6. The first-order valence-corrected chi connectivity index (χ1v) is 36.6. The van der Waals surface area contributed by atoms with E-state index in [-0.39, 0.29) is 120 Å². The molecule has 0 radical (unpaired) electrons. The molecule has 24 heteroatoms. The van der Waals surface area contributed by atoms with E-state index in [1.54, 1.807) is 41.5 Å². The SMILES string of the molecule is CC1(C)CC(=O)NC1(O)c1ccccc1.CC1(C)CC(=O)NC1=O.CC1(C)CC(=O)OC1=O.CC1(C)CC(O)(c2ccccc2)NC1=O.CC1(C)CC(c2ccccc2)N(N)C1=O.CC1(C)CC(c2ccccc2)NC1=O.CCOC(=N)C(=O)OCC.CC[SiH](CC)CC.[Br-].[Mg+2].[c-]1ccccc1. The summed E-state index contributed by atoms with van der Waals surface area (Å²) in [6.07, 6.45) is 2.96. The van der Waals surface area contributed by atoms with Gasteiger partial charge in [0, 0.05) is 60.8 Å². The number of hydrazine groups is 1. The summed E-state index contributed by atoms with van der Waals surface area (Å²) in [4.78, 5) is 99.3. The molecule has 0 aliphatic carbocycles. The maximum atomic E-state index is 11.8. The fraction of sp³-hybridized carbons (Fsp3) is 0.487. The third kappa shape index (κ3) is 28.0. The number of rotatable bonds is 9. The van der Waals surface area contributed by atoms with E-state index in [0.29, 0.717) is 25.9 Å². The molecule has 6 amide bonds. The van der Waals surface area contributed by atoms with Crippen LogP contribution in [0.5, 0.6) is 0 Å². The fourth-order valence-corrected chi connectivity index (χ4v) is 13.0. The maximum absolute atomic E-state index is 11.8. The van der Waals surface area contributed by atoms with Gasteiger partial charge in [0.15, 0.2) is 11.4 Å². The van der Waals surface area contributed by atoms with E-state index in [9.17, 15) is 53.4 Å². The number of esters is 3. The van der Waals surface area contributed by atoms with E-state index in [2.05, 4.69) is 74.4 Å². The molecule has 5 aromatic rings. The number of hydrogen-bond acceptors (Lipinski definition) is 16. The van der Waals surface area contributed by atoms with Crippen molar-refractivity contribution in [2.45, 2.75) is 198 Å². The molecule has 0 spiro atoms. The summed E-state index contributed by atoms with van der Waals surface area (Å²) in [5.74, 6) is 3.51. The summed E-state index contributed by atoms with van der Waals surface area (Å²) < 4.78 is 13.3. The Hall–Kier alpha value is -7.46. The Bertz CT molecular complexity index is 3400. The molecule has 0 saturated carbocycles. The zero-order valence-electron chi connectivity index (χ0n) is 62.8. The number of imide groups is 1. The number of hydrogen-bond donors (Lipinski definition) is 8. The first-order valence-electron chi connectivity index (χ1n) is 34.2. The number of carbonyl (C=O) groups is 9. The maximum Gasteiger partial charge on any atom is 2.00 e. The smallest absolute Gasteiger partial charge is 1.00 e. The Morgan fingerprint density at radius 3 is 1.33 bits per heavy atom. The van der Waals surface area contributed by atoms with Gasteiger partial charge < -0.3 is 57.4 Å². The summed E-state index contributed by atoms with van der Waals surface area (Å²) >= 11 is 0. The molecule has 5 aromatic carbocycles. The second-order valence-electron chi connectivity index (χ2n) is 29.1. The Balaban J connectivity index is 0.000000581. The number of nitrogens with zero attached hydrogens (tertiary/aromatic N) is 1. The quantitative estimate of drug-likeness (QED) is 0.00791. The van der Waals surface area contributed by atoms with Crippen LogP contribution in [0.3, 0.4) is 0 Å². The number of benzene rings is 5. The standard InChI is InChI=1S/C12H16N2O.2C12H15NO2.C12H15NO.C6H11NO3.C6H9NO2.C6H8O3.C6H16Si.C6H5.BrH.Mg/c1-12(2)8-10(14(13)11(12)15)9-6-4-3-5-7-9;1-11(2)8-12(15,13-10(11)14)9-6-4-3-5-7-9;1-11(2)8-10(14)13-12(11,15)9-6-4-3-5-7-9;1-12(2)8-10(13-11(12)14)9-6-4-3-5-7-9;1-3-9-5(7)6(8)10-4-2;1-6(2)3-4(8)7-5(6)9;1-6(2)3-4(7)9-5(6)8;1-4-7(5-2)6-3;1-2-4-6-5-3-1;;/h3-7,10H,8,13H2,1-2H3;2*3-7,15H,8H2,1-2H3,(H,13,14);3-7,10H,8H2,1-2H3,(H,13,14);7H,3-4H2,1-2H3;3H2,1-2H3,(H,7,8,9);3H2,1-2H3;7H,4-6H2,1-3H3;1-5H;1H;/q;;;;;;;;-1;;+2/p-1. The third-order valence-electron chi connectivity index (χ3n) is 17.8. The van der Waals surface area contributed by atoms with Crippen LogP contribution < -0.4 is 44.1 Å². The Labute approximate surface area is 632 Å². The molecule has 6 heterocycles. The van der Waals surface area contributed by atoms with Crippen molar-refractivity contribution in [3.05, 3.63) is 180 Å². The van der Waals surface area contributed by atoms with E-state index in [0.717, 1.165) is 29.5 Å². The molecule has 6 saturated heterocycles. The number of ether oxygens (including phenoxy) is 3. The second kappa shape index (κ2) is 41.7. The largest absolute Gasteiger partial charge is 2.00 e. The zero-order chi connectivity index (χ0) is 75.5. The molecular formula is C78H110BrMgN7O14Si. The fourth-order valence-electron chi connectivity index (χ4n) is 11.2. The molecule has 0 bridgehead atoms. The average molecular weight is 1500 g/mol. The van der Waals surface area contributed by atoms with Crippen LogP contribution in [-0.4, -0.2) is 120 Å². The predicted molar refractivity (Wildman–Crippen MR) is 395 cm³/mol. The van der Waals surface area contributed by atoms with Crippen molar-refractivity contribution >= 4 is 91.1 Å². The zero-order valence-corrected chi connectivity index (χ0v) is 67.0. The summed E-state index contributed by atoms with van der Waals surface area (Å²) in [5, 5.41) is 39.7. The molecule has 4 unspecified atom stereocenters. The number of cyclic esters (lactones) is 2. The second-order valence-corrected chi connectivity index (χ2v) is 33.3. The van der Waals surface area contributed by atoms with Crippen molar-refractivity contribution in [1.29, 1.82) is 5.41 Å². The van der Waals surface area contributed by atoms with Gasteiger partial charge in [-0.05, 0) is 51.7 Å². The molecule has 9 N–H and O–H groups in total. The van der Waals surface area contributed by atoms with Gasteiger partial charge in [-0.15, -0.1) is 0 Å². The third-order valence-corrected chi connectivity index (χ3v) is 21.2. The number of nitrogens with two attached hydrogens (primary N) is 1. The van der Waals surface area contributed by atoms with E-state index >= 15 is 0 Å². The summed E-state index contributed by atoms with van der Waals surface area (Å²) in [5.41, 5.74) is -1.28. The van der Waals surface area contributed by atoms with Crippen molar-refractivity contribution in [3.63, 3.8) is 0 Å². The number of aliphatic hydroxyl groups is 2. The molecule has 554 valence electrons. The van der Waals surface area contributed by atoms with Crippen molar-refractivity contribution in [1.82, 2.24) is 26.3 Å². The Kier molecular flexibility index (Phi) is 37.9. The van der Waals surface area contributed by atoms with Crippen molar-refractivity contribution in [2.24, 2.45) is 38.3 Å². The first-order chi connectivity index (χ1) is 46.6. The van der Waals surface area contributed by atoms with E-state index < -0.39 is 56.9 Å².